The Hall–Kier alpha value is -1.51. The first-order valence-corrected chi connectivity index (χ1v) is 10.0. The van der Waals surface area contributed by atoms with E-state index in [0.29, 0.717) is 40.5 Å². The molecule has 1 amide bonds. The van der Waals surface area contributed by atoms with Gasteiger partial charge in [-0.1, -0.05) is 35.0 Å². The third-order valence-corrected chi connectivity index (χ3v) is 5.53. The Bertz CT molecular complexity index is 829. The average molecular weight is 417 g/mol. The molecule has 0 N–H and O–H groups in total. The van der Waals surface area contributed by atoms with Crippen molar-refractivity contribution in [3.8, 4) is 0 Å². The molecule has 0 aliphatic carbocycles. The first-order valence-electron chi connectivity index (χ1n) is 8.26. The third kappa shape index (κ3) is 4.24. The lowest BCUT2D eigenvalue weighted by Crippen LogP contribution is -2.43. The SMILES string of the molecule is CCOC(=O)[C@@H]1CCCN(C(=O)CSc2nnc3c(Cl)cc(Cl)cn23)C1. The normalized spacial score (nSPS) is 17.5. The summed E-state index contributed by atoms with van der Waals surface area (Å²) < 4.78 is 6.74. The zero-order chi connectivity index (χ0) is 18.7. The van der Waals surface area contributed by atoms with Gasteiger partial charge in [-0.25, -0.2) is 0 Å². The number of thioether (sulfide) groups is 1. The van der Waals surface area contributed by atoms with Gasteiger partial charge in [0.2, 0.25) is 5.91 Å². The highest BCUT2D eigenvalue weighted by Crippen LogP contribution is 2.26. The molecular formula is C16H18Cl2N4O3S. The summed E-state index contributed by atoms with van der Waals surface area (Å²) in [7, 11) is 0. The van der Waals surface area contributed by atoms with Crippen LogP contribution in [-0.2, 0) is 14.3 Å². The van der Waals surface area contributed by atoms with Gasteiger partial charge in [0.25, 0.3) is 0 Å². The van der Waals surface area contributed by atoms with Crippen molar-refractivity contribution in [2.24, 2.45) is 5.92 Å². The van der Waals surface area contributed by atoms with Gasteiger partial charge in [0.1, 0.15) is 0 Å². The summed E-state index contributed by atoms with van der Waals surface area (Å²) in [6, 6.07) is 1.59. The standard InChI is InChI=1S/C16H18Cl2N4O3S/c1-2-25-15(24)10-4-3-5-21(7-10)13(23)9-26-16-20-19-14-12(18)6-11(17)8-22(14)16/h6,8,10H,2-5,7,9H2,1H3/t10-/m1/s1. The quantitative estimate of drug-likeness (QED) is 0.550. The molecule has 0 aromatic carbocycles. The van der Waals surface area contributed by atoms with Crippen LogP contribution in [-0.4, -0.2) is 56.8 Å². The molecule has 1 fully saturated rings. The second kappa shape index (κ2) is 8.45. The molecule has 1 aliphatic rings. The number of hydrogen-bond donors (Lipinski definition) is 0. The third-order valence-electron chi connectivity index (χ3n) is 4.11. The number of aromatic nitrogens is 3. The Morgan fingerprint density at radius 3 is 2.96 bits per heavy atom. The van der Waals surface area contributed by atoms with Crippen molar-refractivity contribution in [3.63, 3.8) is 0 Å². The lowest BCUT2D eigenvalue weighted by atomic mass is 9.98. The highest BCUT2D eigenvalue weighted by molar-refractivity contribution is 7.99. The van der Waals surface area contributed by atoms with E-state index in [1.54, 1.807) is 28.5 Å². The lowest BCUT2D eigenvalue weighted by molar-refractivity contribution is -0.151. The topological polar surface area (TPSA) is 76.8 Å². The fourth-order valence-corrected chi connectivity index (χ4v) is 4.20. The number of esters is 1. The molecule has 3 rings (SSSR count). The van der Waals surface area contributed by atoms with Crippen LogP contribution in [0.1, 0.15) is 19.8 Å². The highest BCUT2D eigenvalue weighted by atomic mass is 35.5. The first kappa shape index (κ1) is 19.3. The zero-order valence-corrected chi connectivity index (χ0v) is 16.5. The van der Waals surface area contributed by atoms with E-state index < -0.39 is 0 Å². The van der Waals surface area contributed by atoms with Gasteiger partial charge in [0.05, 0.1) is 28.3 Å². The summed E-state index contributed by atoms with van der Waals surface area (Å²) in [5, 5.41) is 9.49. The molecule has 0 bridgehead atoms. The van der Waals surface area contributed by atoms with Crippen LogP contribution in [0.4, 0.5) is 0 Å². The molecule has 2 aromatic heterocycles. The van der Waals surface area contributed by atoms with Gasteiger partial charge < -0.3 is 9.64 Å². The Balaban J connectivity index is 1.63. The van der Waals surface area contributed by atoms with Crippen LogP contribution in [0.3, 0.4) is 0 Å². The molecule has 3 heterocycles. The molecule has 0 saturated carbocycles. The van der Waals surface area contributed by atoms with Crippen molar-refractivity contribution in [1.29, 1.82) is 0 Å². The van der Waals surface area contributed by atoms with Gasteiger partial charge in [-0.3, -0.25) is 14.0 Å². The second-order valence-electron chi connectivity index (χ2n) is 5.90. The molecule has 140 valence electrons. The van der Waals surface area contributed by atoms with Crippen LogP contribution in [0.15, 0.2) is 17.4 Å². The van der Waals surface area contributed by atoms with E-state index in [0.717, 1.165) is 12.8 Å². The van der Waals surface area contributed by atoms with E-state index in [1.165, 1.54) is 11.8 Å². The molecule has 0 spiro atoms. The minimum absolute atomic E-state index is 0.0473. The number of carbonyl (C=O) groups is 2. The maximum absolute atomic E-state index is 12.5. The maximum atomic E-state index is 12.5. The van der Waals surface area contributed by atoms with E-state index >= 15 is 0 Å². The number of carbonyl (C=O) groups excluding carboxylic acids is 2. The zero-order valence-electron chi connectivity index (χ0n) is 14.2. The van der Waals surface area contributed by atoms with Crippen LogP contribution in [0.2, 0.25) is 10.0 Å². The number of fused-ring (bicyclic) bond motifs is 1. The molecule has 7 nitrogen and oxygen atoms in total. The number of pyridine rings is 1. The van der Waals surface area contributed by atoms with Gasteiger partial charge in [-0.2, -0.15) is 0 Å². The van der Waals surface area contributed by atoms with Crippen LogP contribution >= 0.6 is 35.0 Å². The number of rotatable bonds is 5. The number of halogens is 2. The predicted molar refractivity (Wildman–Crippen MR) is 99.7 cm³/mol. The number of nitrogens with zero attached hydrogens (tertiary/aromatic N) is 4. The van der Waals surface area contributed by atoms with Crippen LogP contribution in [0.25, 0.3) is 5.65 Å². The smallest absolute Gasteiger partial charge is 0.310 e. The Morgan fingerprint density at radius 1 is 1.38 bits per heavy atom. The second-order valence-corrected chi connectivity index (χ2v) is 7.69. The minimum atomic E-state index is -0.246. The lowest BCUT2D eigenvalue weighted by Gasteiger charge is -2.31. The molecule has 0 unspecified atom stereocenters. The molecule has 2 aromatic rings. The Labute approximate surface area is 165 Å². The van der Waals surface area contributed by atoms with E-state index in [1.807, 2.05) is 0 Å². The summed E-state index contributed by atoms with van der Waals surface area (Å²) >= 11 is 13.4. The van der Waals surface area contributed by atoms with Gasteiger partial charge in [0, 0.05) is 19.3 Å². The van der Waals surface area contributed by atoms with Crippen molar-refractivity contribution in [3.05, 3.63) is 22.3 Å². The molecule has 0 radical (unpaired) electrons. The van der Waals surface area contributed by atoms with Crippen LogP contribution < -0.4 is 0 Å². The fraction of sp³-hybridized carbons (Fsp3) is 0.500. The van der Waals surface area contributed by atoms with Crippen LogP contribution in [0.5, 0.6) is 0 Å². The van der Waals surface area contributed by atoms with E-state index in [9.17, 15) is 9.59 Å². The van der Waals surface area contributed by atoms with E-state index in [2.05, 4.69) is 10.2 Å². The minimum Gasteiger partial charge on any atom is -0.466 e. The maximum Gasteiger partial charge on any atom is 0.310 e. The first-order chi connectivity index (χ1) is 12.5. The molecule has 1 saturated heterocycles. The van der Waals surface area contributed by atoms with Crippen molar-refractivity contribution >= 4 is 52.5 Å². The van der Waals surface area contributed by atoms with Gasteiger partial charge in [-0.15, -0.1) is 10.2 Å². The summed E-state index contributed by atoms with van der Waals surface area (Å²) in [5.41, 5.74) is 0.492. The Kier molecular flexibility index (Phi) is 6.26. The molecule has 1 aliphatic heterocycles. The Morgan fingerprint density at radius 2 is 2.19 bits per heavy atom. The van der Waals surface area contributed by atoms with Crippen molar-refractivity contribution in [2.45, 2.75) is 24.9 Å². The number of piperidine rings is 1. The summed E-state index contributed by atoms with van der Waals surface area (Å²) in [6.45, 7) is 3.18. The number of amides is 1. The average Bonchev–Trinajstić information content (AvgIpc) is 3.03. The molecular weight excluding hydrogens is 399 g/mol. The summed E-state index contributed by atoms with van der Waals surface area (Å²) in [4.78, 5) is 26.2. The molecule has 26 heavy (non-hydrogen) atoms. The number of ether oxygens (including phenoxy) is 1. The largest absolute Gasteiger partial charge is 0.466 e. The van der Waals surface area contributed by atoms with Crippen molar-refractivity contribution in [2.75, 3.05) is 25.4 Å². The van der Waals surface area contributed by atoms with Crippen LogP contribution in [0, 0.1) is 5.92 Å². The summed E-state index contributed by atoms with van der Waals surface area (Å²) in [5.74, 6) is -0.330. The number of hydrogen-bond acceptors (Lipinski definition) is 6. The fourth-order valence-electron chi connectivity index (χ4n) is 2.87. The van der Waals surface area contributed by atoms with Crippen molar-refractivity contribution in [1.82, 2.24) is 19.5 Å². The monoisotopic (exact) mass is 416 g/mol. The van der Waals surface area contributed by atoms with Gasteiger partial charge in [0.15, 0.2) is 10.8 Å². The van der Waals surface area contributed by atoms with E-state index in [-0.39, 0.29) is 23.5 Å². The van der Waals surface area contributed by atoms with Gasteiger partial charge in [-0.05, 0) is 25.8 Å². The summed E-state index contributed by atoms with van der Waals surface area (Å²) in [6.07, 6.45) is 3.20. The van der Waals surface area contributed by atoms with Crippen molar-refractivity contribution < 1.29 is 14.3 Å². The van der Waals surface area contributed by atoms with Gasteiger partial charge >= 0.3 is 5.97 Å². The predicted octanol–water partition coefficient (Wildman–Crippen LogP) is 2.93. The molecule has 1 atom stereocenters. The van der Waals surface area contributed by atoms with E-state index in [4.69, 9.17) is 27.9 Å². The number of likely N-dealkylation sites (tertiary alicyclic amines) is 1. The molecule has 10 heteroatoms. The highest BCUT2D eigenvalue weighted by Gasteiger charge is 2.29.